The highest BCUT2D eigenvalue weighted by Gasteiger charge is 2.31. The number of hydrogen-bond donors (Lipinski definition) is 3. The molecule has 1 aliphatic rings. The molecule has 0 radical (unpaired) electrons. The number of alkyl carbamates (subject to hydrolysis) is 1. The fourth-order valence-corrected chi connectivity index (χ4v) is 4.11. The minimum Gasteiger partial charge on any atom is -0.480 e. The summed E-state index contributed by atoms with van der Waals surface area (Å²) in [6.45, 7) is 5.55. The summed E-state index contributed by atoms with van der Waals surface area (Å²) in [7, 11) is 0. The summed E-state index contributed by atoms with van der Waals surface area (Å²) in [5.74, 6) is -1.95. The molecule has 0 spiro atoms. The molecule has 0 fully saturated rings. The number of fused-ring (bicyclic) bond motifs is 3. The van der Waals surface area contributed by atoms with Crippen LogP contribution in [0.4, 0.5) is 4.79 Å². The lowest BCUT2D eigenvalue weighted by molar-refractivity contribution is -0.142. The van der Waals surface area contributed by atoms with Gasteiger partial charge in [-0.25, -0.2) is 9.59 Å². The lowest BCUT2D eigenvalue weighted by atomic mass is 9.98. The Kier molecular flexibility index (Phi) is 7.51. The Morgan fingerprint density at radius 2 is 1.53 bits per heavy atom. The molecule has 0 bridgehead atoms. The highest BCUT2D eigenvalue weighted by Crippen LogP contribution is 2.44. The quantitative estimate of drug-likeness (QED) is 0.550. The first-order valence-corrected chi connectivity index (χ1v) is 11.0. The molecule has 7 heteroatoms. The van der Waals surface area contributed by atoms with Crippen LogP contribution in [0.2, 0.25) is 0 Å². The van der Waals surface area contributed by atoms with E-state index in [-0.39, 0.29) is 18.4 Å². The number of carboxylic acids is 1. The van der Waals surface area contributed by atoms with E-state index in [1.165, 1.54) is 0 Å². The molecule has 0 unspecified atom stereocenters. The average molecular weight is 439 g/mol. The molecule has 2 atom stereocenters. The van der Waals surface area contributed by atoms with Gasteiger partial charge in [0, 0.05) is 5.92 Å². The van der Waals surface area contributed by atoms with E-state index in [0.29, 0.717) is 12.8 Å². The van der Waals surface area contributed by atoms with Gasteiger partial charge in [-0.3, -0.25) is 4.79 Å². The molecule has 3 rings (SSSR count). The lowest BCUT2D eigenvalue weighted by Gasteiger charge is -2.24. The predicted octanol–water partition coefficient (Wildman–Crippen LogP) is 3.92. The molecule has 0 saturated heterocycles. The number of aliphatic carboxylic acids is 1. The van der Waals surface area contributed by atoms with Gasteiger partial charge in [-0.1, -0.05) is 75.7 Å². The fourth-order valence-electron chi connectivity index (χ4n) is 4.11. The molecular formula is C25H30N2O5. The summed E-state index contributed by atoms with van der Waals surface area (Å²) in [5, 5.41) is 14.4. The summed E-state index contributed by atoms with van der Waals surface area (Å²) in [6.07, 6.45) is 0.225. The SMILES string of the molecule is CCC[C@@H](NC(=O)[C@@H](NC(=O)OCC1c2ccccc2-c2ccccc21)C(C)C)C(=O)O. The van der Waals surface area contributed by atoms with Gasteiger partial charge in [-0.05, 0) is 34.6 Å². The molecule has 7 nitrogen and oxygen atoms in total. The topological polar surface area (TPSA) is 105 Å². The molecular weight excluding hydrogens is 408 g/mol. The summed E-state index contributed by atoms with van der Waals surface area (Å²) < 4.78 is 5.52. The zero-order chi connectivity index (χ0) is 23.3. The number of benzene rings is 2. The van der Waals surface area contributed by atoms with Crippen LogP contribution in [0.25, 0.3) is 11.1 Å². The molecule has 2 aromatic rings. The first kappa shape index (κ1) is 23.3. The van der Waals surface area contributed by atoms with Crippen molar-refractivity contribution in [3.63, 3.8) is 0 Å². The van der Waals surface area contributed by atoms with Gasteiger partial charge >= 0.3 is 12.1 Å². The molecule has 1 aliphatic carbocycles. The van der Waals surface area contributed by atoms with Crippen LogP contribution in [0.3, 0.4) is 0 Å². The van der Waals surface area contributed by atoms with Crippen molar-refractivity contribution in [2.75, 3.05) is 6.61 Å². The molecule has 0 saturated carbocycles. The smallest absolute Gasteiger partial charge is 0.407 e. The van der Waals surface area contributed by atoms with Crippen LogP contribution >= 0.6 is 0 Å². The Morgan fingerprint density at radius 3 is 2.03 bits per heavy atom. The van der Waals surface area contributed by atoms with Crippen LogP contribution in [0, 0.1) is 5.92 Å². The van der Waals surface area contributed by atoms with Gasteiger partial charge in [-0.15, -0.1) is 0 Å². The zero-order valence-corrected chi connectivity index (χ0v) is 18.6. The molecule has 32 heavy (non-hydrogen) atoms. The van der Waals surface area contributed by atoms with E-state index in [4.69, 9.17) is 4.74 Å². The van der Waals surface area contributed by atoms with Crippen LogP contribution in [-0.2, 0) is 14.3 Å². The minimum absolute atomic E-state index is 0.0829. The fraction of sp³-hybridized carbons (Fsp3) is 0.400. The van der Waals surface area contributed by atoms with Gasteiger partial charge in [0.1, 0.15) is 18.7 Å². The lowest BCUT2D eigenvalue weighted by Crippen LogP contribution is -2.53. The van der Waals surface area contributed by atoms with E-state index in [9.17, 15) is 19.5 Å². The van der Waals surface area contributed by atoms with Crippen LogP contribution in [-0.4, -0.2) is 41.8 Å². The maximum absolute atomic E-state index is 12.7. The van der Waals surface area contributed by atoms with Gasteiger partial charge in [0.25, 0.3) is 0 Å². The third-order valence-corrected chi connectivity index (χ3v) is 5.76. The number of carbonyl (C=O) groups excluding carboxylic acids is 2. The number of rotatable bonds is 9. The second-order valence-electron chi connectivity index (χ2n) is 8.38. The Balaban J connectivity index is 1.65. The predicted molar refractivity (Wildman–Crippen MR) is 121 cm³/mol. The number of ether oxygens (including phenoxy) is 1. The van der Waals surface area contributed by atoms with E-state index < -0.39 is 30.1 Å². The zero-order valence-electron chi connectivity index (χ0n) is 18.6. The van der Waals surface area contributed by atoms with Gasteiger partial charge in [0.2, 0.25) is 5.91 Å². The first-order chi connectivity index (χ1) is 15.3. The molecule has 0 heterocycles. The second-order valence-corrected chi connectivity index (χ2v) is 8.38. The Hall–Kier alpha value is -3.35. The normalized spacial score (nSPS) is 14.2. The number of hydrogen-bond acceptors (Lipinski definition) is 4. The van der Waals surface area contributed by atoms with Crippen molar-refractivity contribution in [2.24, 2.45) is 5.92 Å². The summed E-state index contributed by atoms with van der Waals surface area (Å²) in [5.41, 5.74) is 4.46. The van der Waals surface area contributed by atoms with Gasteiger partial charge in [-0.2, -0.15) is 0 Å². The van der Waals surface area contributed by atoms with Crippen molar-refractivity contribution >= 4 is 18.0 Å². The van der Waals surface area contributed by atoms with Gasteiger partial charge in [0.15, 0.2) is 0 Å². The molecule has 170 valence electrons. The maximum atomic E-state index is 12.7. The third kappa shape index (κ3) is 5.10. The van der Waals surface area contributed by atoms with Gasteiger partial charge < -0.3 is 20.5 Å². The van der Waals surface area contributed by atoms with Crippen LogP contribution in [0.15, 0.2) is 48.5 Å². The van der Waals surface area contributed by atoms with Crippen molar-refractivity contribution in [2.45, 2.75) is 51.6 Å². The van der Waals surface area contributed by atoms with E-state index >= 15 is 0 Å². The maximum Gasteiger partial charge on any atom is 0.407 e. The molecule has 2 aromatic carbocycles. The van der Waals surface area contributed by atoms with E-state index in [1.54, 1.807) is 13.8 Å². The number of carbonyl (C=O) groups is 3. The molecule has 3 N–H and O–H groups in total. The van der Waals surface area contributed by atoms with E-state index in [2.05, 4.69) is 22.8 Å². The monoisotopic (exact) mass is 438 g/mol. The average Bonchev–Trinajstić information content (AvgIpc) is 3.09. The van der Waals surface area contributed by atoms with Crippen molar-refractivity contribution in [3.8, 4) is 11.1 Å². The first-order valence-electron chi connectivity index (χ1n) is 11.0. The third-order valence-electron chi connectivity index (χ3n) is 5.76. The van der Waals surface area contributed by atoms with E-state index in [1.807, 2.05) is 43.3 Å². The Bertz CT molecular complexity index is 942. The largest absolute Gasteiger partial charge is 0.480 e. The van der Waals surface area contributed by atoms with Crippen LogP contribution < -0.4 is 10.6 Å². The molecule has 0 aliphatic heterocycles. The van der Waals surface area contributed by atoms with E-state index in [0.717, 1.165) is 22.3 Å². The molecule has 2 amide bonds. The minimum atomic E-state index is -1.09. The van der Waals surface area contributed by atoms with Crippen LogP contribution in [0.1, 0.15) is 50.7 Å². The van der Waals surface area contributed by atoms with Crippen molar-refractivity contribution in [3.05, 3.63) is 59.7 Å². The number of nitrogens with one attached hydrogen (secondary N) is 2. The van der Waals surface area contributed by atoms with Crippen molar-refractivity contribution in [1.29, 1.82) is 0 Å². The van der Waals surface area contributed by atoms with Crippen molar-refractivity contribution < 1.29 is 24.2 Å². The highest BCUT2D eigenvalue weighted by atomic mass is 16.5. The van der Waals surface area contributed by atoms with Crippen LogP contribution in [0.5, 0.6) is 0 Å². The summed E-state index contributed by atoms with van der Waals surface area (Å²) >= 11 is 0. The standard InChI is InChI=1S/C25H30N2O5/c1-4-9-21(24(29)30)26-23(28)22(15(2)3)27-25(31)32-14-20-18-12-7-5-10-16(18)17-11-6-8-13-19(17)20/h5-8,10-13,15,20-22H,4,9,14H2,1-3H3,(H,26,28)(H,27,31)(H,29,30)/t21-,22+/m1/s1. The Labute approximate surface area is 188 Å². The van der Waals surface area contributed by atoms with Gasteiger partial charge in [0.05, 0.1) is 0 Å². The molecule has 0 aromatic heterocycles. The highest BCUT2D eigenvalue weighted by molar-refractivity contribution is 5.89. The number of amides is 2. The number of carboxylic acid groups (broad SMARTS) is 1. The van der Waals surface area contributed by atoms with Crippen molar-refractivity contribution in [1.82, 2.24) is 10.6 Å². The summed E-state index contributed by atoms with van der Waals surface area (Å²) in [6, 6.07) is 14.2. The Morgan fingerprint density at radius 1 is 0.969 bits per heavy atom. The summed E-state index contributed by atoms with van der Waals surface area (Å²) in [4.78, 5) is 36.6. The second kappa shape index (κ2) is 10.3.